The second-order valence-corrected chi connectivity index (χ2v) is 7.31. The Morgan fingerprint density at radius 1 is 1.11 bits per heavy atom. The van der Waals surface area contributed by atoms with Crippen molar-refractivity contribution in [3.8, 4) is 0 Å². The van der Waals surface area contributed by atoms with E-state index in [0.29, 0.717) is 19.5 Å². The summed E-state index contributed by atoms with van der Waals surface area (Å²) in [5.74, 6) is -0.168. The summed E-state index contributed by atoms with van der Waals surface area (Å²) in [5, 5.41) is 2.87. The van der Waals surface area contributed by atoms with Crippen LogP contribution in [0, 0.1) is 12.7 Å². The Labute approximate surface area is 166 Å². The summed E-state index contributed by atoms with van der Waals surface area (Å²) in [6, 6.07) is 12.3. The zero-order chi connectivity index (χ0) is 20.7. The van der Waals surface area contributed by atoms with Crippen LogP contribution in [0.4, 0.5) is 10.1 Å². The Morgan fingerprint density at radius 2 is 1.79 bits per heavy atom. The number of carbonyl (C=O) groups excluding carboxylic acids is 2. The van der Waals surface area contributed by atoms with E-state index in [1.54, 1.807) is 17.0 Å². The van der Waals surface area contributed by atoms with Crippen molar-refractivity contribution in [1.82, 2.24) is 5.32 Å². The van der Waals surface area contributed by atoms with Gasteiger partial charge >= 0.3 is 0 Å². The molecule has 28 heavy (non-hydrogen) atoms. The summed E-state index contributed by atoms with van der Waals surface area (Å²) in [7, 11) is 0. The van der Waals surface area contributed by atoms with Crippen LogP contribution in [-0.4, -0.2) is 24.9 Å². The average Bonchev–Trinajstić information content (AvgIpc) is 2.64. The van der Waals surface area contributed by atoms with Gasteiger partial charge in [0.25, 0.3) is 0 Å². The highest BCUT2D eigenvalue weighted by atomic mass is 19.1. The molecule has 0 saturated carbocycles. The van der Waals surface area contributed by atoms with Crippen LogP contribution < -0.4 is 10.2 Å². The number of halogens is 1. The average molecular weight is 384 g/mol. The van der Waals surface area contributed by atoms with E-state index in [1.165, 1.54) is 19.1 Å². The van der Waals surface area contributed by atoms with Gasteiger partial charge in [0.2, 0.25) is 11.8 Å². The Bertz CT molecular complexity index is 816. The van der Waals surface area contributed by atoms with Gasteiger partial charge in [-0.3, -0.25) is 9.59 Å². The van der Waals surface area contributed by atoms with Crippen molar-refractivity contribution in [2.24, 2.45) is 0 Å². The molecule has 2 aromatic rings. The lowest BCUT2D eigenvalue weighted by Crippen LogP contribution is -2.35. The lowest BCUT2D eigenvalue weighted by Gasteiger charge is -2.27. The van der Waals surface area contributed by atoms with E-state index in [2.05, 4.69) is 19.2 Å². The normalized spacial score (nSPS) is 10.8. The molecule has 0 unspecified atom stereocenters. The first-order chi connectivity index (χ1) is 13.3. The third-order valence-corrected chi connectivity index (χ3v) is 4.75. The van der Waals surface area contributed by atoms with Crippen LogP contribution >= 0.6 is 0 Å². The van der Waals surface area contributed by atoms with Gasteiger partial charge in [0.15, 0.2) is 0 Å². The molecular formula is C23H29FN2O2. The van der Waals surface area contributed by atoms with Crippen molar-refractivity contribution in [2.75, 3.05) is 18.0 Å². The van der Waals surface area contributed by atoms with E-state index in [4.69, 9.17) is 0 Å². The maximum absolute atomic E-state index is 12.9. The molecule has 2 amide bonds. The van der Waals surface area contributed by atoms with Gasteiger partial charge in [0.05, 0.1) is 0 Å². The Kier molecular flexibility index (Phi) is 7.73. The monoisotopic (exact) mass is 384 g/mol. The first-order valence-electron chi connectivity index (χ1n) is 9.68. The number of nitrogens with zero attached hydrogens (tertiary/aromatic N) is 1. The Hall–Kier alpha value is -2.69. The Balaban J connectivity index is 1.95. The molecule has 0 aliphatic heterocycles. The minimum atomic E-state index is -0.269. The minimum Gasteiger partial charge on any atom is -0.356 e. The molecule has 0 radical (unpaired) electrons. The fraction of sp³-hybridized carbons (Fsp3) is 0.391. The number of rotatable bonds is 8. The molecule has 0 aliphatic rings. The van der Waals surface area contributed by atoms with Crippen LogP contribution in [0.25, 0.3) is 0 Å². The van der Waals surface area contributed by atoms with Gasteiger partial charge in [0, 0.05) is 32.1 Å². The molecule has 0 saturated heterocycles. The molecule has 5 heteroatoms. The number of anilines is 1. The number of aryl methyl sites for hydroxylation is 1. The van der Waals surface area contributed by atoms with Gasteiger partial charge in [-0.2, -0.15) is 0 Å². The highest BCUT2D eigenvalue weighted by molar-refractivity contribution is 5.94. The quantitative estimate of drug-likeness (QED) is 0.735. The number of benzene rings is 2. The van der Waals surface area contributed by atoms with Crippen LogP contribution in [-0.2, 0) is 16.0 Å². The molecule has 0 bridgehead atoms. The van der Waals surface area contributed by atoms with E-state index in [9.17, 15) is 14.0 Å². The van der Waals surface area contributed by atoms with E-state index in [-0.39, 0.29) is 30.0 Å². The van der Waals surface area contributed by atoms with Gasteiger partial charge in [-0.05, 0) is 48.1 Å². The second-order valence-electron chi connectivity index (χ2n) is 7.31. The largest absolute Gasteiger partial charge is 0.356 e. The number of hydrogen-bond donors (Lipinski definition) is 1. The van der Waals surface area contributed by atoms with Gasteiger partial charge in [-0.15, -0.1) is 0 Å². The molecule has 1 N–H and O–H groups in total. The van der Waals surface area contributed by atoms with Gasteiger partial charge in [-0.25, -0.2) is 4.39 Å². The molecule has 4 nitrogen and oxygen atoms in total. The van der Waals surface area contributed by atoms with Crippen LogP contribution in [0.1, 0.15) is 49.8 Å². The van der Waals surface area contributed by atoms with Crippen molar-refractivity contribution in [3.63, 3.8) is 0 Å². The topological polar surface area (TPSA) is 49.4 Å². The highest BCUT2D eigenvalue weighted by Crippen LogP contribution is 2.31. The number of amides is 2. The highest BCUT2D eigenvalue weighted by Gasteiger charge is 2.20. The predicted octanol–water partition coefficient (Wildman–Crippen LogP) is 4.36. The van der Waals surface area contributed by atoms with Crippen LogP contribution in [0.3, 0.4) is 0 Å². The SMILES string of the molecule is CC(=O)N(CCC(=O)NCCc1ccc(F)cc1)c1c(C)cccc1C(C)C. The van der Waals surface area contributed by atoms with E-state index in [0.717, 1.165) is 22.4 Å². The number of hydrogen-bond acceptors (Lipinski definition) is 2. The Morgan fingerprint density at radius 3 is 2.39 bits per heavy atom. The van der Waals surface area contributed by atoms with E-state index < -0.39 is 0 Å². The molecule has 0 fully saturated rings. The fourth-order valence-corrected chi connectivity index (χ4v) is 3.24. The number of nitrogens with one attached hydrogen (secondary N) is 1. The molecule has 0 heterocycles. The fourth-order valence-electron chi connectivity index (χ4n) is 3.24. The standard InChI is InChI=1S/C23H29FN2O2/c1-16(2)21-7-5-6-17(3)23(21)26(18(4)27)15-13-22(28)25-14-12-19-8-10-20(24)11-9-19/h5-11,16H,12-15H2,1-4H3,(H,25,28). The summed E-state index contributed by atoms with van der Waals surface area (Å²) < 4.78 is 12.9. The first-order valence-corrected chi connectivity index (χ1v) is 9.68. The number of carbonyl (C=O) groups is 2. The molecule has 0 aliphatic carbocycles. The maximum atomic E-state index is 12.9. The summed E-state index contributed by atoms with van der Waals surface area (Å²) in [6.07, 6.45) is 0.868. The van der Waals surface area contributed by atoms with Crippen LogP contribution in [0.2, 0.25) is 0 Å². The van der Waals surface area contributed by atoms with Crippen LogP contribution in [0.15, 0.2) is 42.5 Å². The summed E-state index contributed by atoms with van der Waals surface area (Å²) in [6.45, 7) is 8.52. The van der Waals surface area contributed by atoms with Crippen molar-refractivity contribution in [2.45, 2.75) is 46.5 Å². The van der Waals surface area contributed by atoms with Gasteiger partial charge in [-0.1, -0.05) is 44.2 Å². The second kappa shape index (κ2) is 10.0. The molecule has 0 spiro atoms. The van der Waals surface area contributed by atoms with Crippen molar-refractivity contribution in [1.29, 1.82) is 0 Å². The smallest absolute Gasteiger partial charge is 0.223 e. The van der Waals surface area contributed by atoms with Gasteiger partial charge in [0.1, 0.15) is 5.82 Å². The molecule has 2 rings (SSSR count). The zero-order valence-electron chi connectivity index (χ0n) is 17.1. The minimum absolute atomic E-state index is 0.0738. The van der Waals surface area contributed by atoms with Crippen molar-refractivity contribution in [3.05, 3.63) is 65.0 Å². The lowest BCUT2D eigenvalue weighted by atomic mass is 9.97. The summed E-state index contributed by atoms with van der Waals surface area (Å²) >= 11 is 0. The number of para-hydroxylation sites is 1. The van der Waals surface area contributed by atoms with Crippen molar-refractivity contribution < 1.29 is 14.0 Å². The van der Waals surface area contributed by atoms with Crippen molar-refractivity contribution >= 4 is 17.5 Å². The predicted molar refractivity (Wildman–Crippen MR) is 111 cm³/mol. The molecule has 0 aromatic heterocycles. The third-order valence-electron chi connectivity index (χ3n) is 4.75. The maximum Gasteiger partial charge on any atom is 0.223 e. The lowest BCUT2D eigenvalue weighted by molar-refractivity contribution is -0.121. The summed E-state index contributed by atoms with van der Waals surface area (Å²) in [5.41, 5.74) is 4.00. The van der Waals surface area contributed by atoms with E-state index in [1.807, 2.05) is 25.1 Å². The summed E-state index contributed by atoms with van der Waals surface area (Å²) in [4.78, 5) is 26.2. The van der Waals surface area contributed by atoms with E-state index >= 15 is 0 Å². The third kappa shape index (κ3) is 5.91. The van der Waals surface area contributed by atoms with Crippen LogP contribution in [0.5, 0.6) is 0 Å². The molecule has 2 aromatic carbocycles. The van der Waals surface area contributed by atoms with Gasteiger partial charge < -0.3 is 10.2 Å². The zero-order valence-corrected chi connectivity index (χ0v) is 17.1. The first kappa shape index (κ1) is 21.6. The molecule has 150 valence electrons. The molecule has 0 atom stereocenters. The molecular weight excluding hydrogens is 355 g/mol.